The van der Waals surface area contributed by atoms with Crippen molar-refractivity contribution in [2.24, 2.45) is 5.92 Å². The van der Waals surface area contributed by atoms with E-state index in [-0.39, 0.29) is 26.0 Å². The predicted octanol–water partition coefficient (Wildman–Crippen LogP) is 5.23. The van der Waals surface area contributed by atoms with E-state index in [9.17, 15) is 14.4 Å². The van der Waals surface area contributed by atoms with Crippen LogP contribution in [-0.2, 0) is 43.1 Å². The first-order valence-electron chi connectivity index (χ1n) is 18.3. The quantitative estimate of drug-likeness (QED) is 0.190. The Bertz CT molecular complexity index is 1640. The Morgan fingerprint density at radius 1 is 1.02 bits per heavy atom. The van der Waals surface area contributed by atoms with E-state index in [1.807, 2.05) is 30.3 Å². The lowest BCUT2D eigenvalue weighted by Gasteiger charge is -2.34. The Hall–Kier alpha value is -4.74. The molecule has 0 saturated carbocycles. The molecular weight excluding hydrogens is 646 g/mol. The number of rotatable bonds is 14. The first kappa shape index (κ1) is 37.5. The van der Waals surface area contributed by atoms with Crippen LogP contribution >= 0.6 is 0 Å². The summed E-state index contributed by atoms with van der Waals surface area (Å²) in [5.74, 6) is 0.580. The molecule has 0 aliphatic carbocycles. The van der Waals surface area contributed by atoms with Crippen LogP contribution in [0.15, 0.2) is 48.8 Å². The molecule has 51 heavy (non-hydrogen) atoms. The predicted molar refractivity (Wildman–Crippen MR) is 198 cm³/mol. The topological polar surface area (TPSA) is 148 Å². The van der Waals surface area contributed by atoms with Crippen molar-refractivity contribution in [3.05, 3.63) is 71.2 Å². The highest BCUT2D eigenvalue weighted by Gasteiger charge is 2.31. The van der Waals surface area contributed by atoms with E-state index in [4.69, 9.17) is 19.4 Å². The van der Waals surface area contributed by atoms with Gasteiger partial charge < -0.3 is 30.3 Å². The molecule has 0 spiro atoms. The molecule has 4 heterocycles. The van der Waals surface area contributed by atoms with Crippen molar-refractivity contribution in [3.8, 4) is 0 Å². The van der Waals surface area contributed by atoms with Crippen LogP contribution in [0.3, 0.4) is 0 Å². The van der Waals surface area contributed by atoms with E-state index >= 15 is 0 Å². The van der Waals surface area contributed by atoms with Crippen molar-refractivity contribution in [3.63, 3.8) is 0 Å². The zero-order chi connectivity index (χ0) is 36.4. The van der Waals surface area contributed by atoms with Gasteiger partial charge in [0.1, 0.15) is 35.4 Å². The maximum absolute atomic E-state index is 13.4. The van der Waals surface area contributed by atoms with E-state index in [1.165, 1.54) is 5.56 Å². The zero-order valence-corrected chi connectivity index (χ0v) is 30.7. The molecule has 1 aromatic carbocycles. The molecule has 1 unspecified atom stereocenters. The normalized spacial score (nSPS) is 15.9. The second kappa shape index (κ2) is 17.5. The number of ether oxygens (including phenoxy) is 2. The zero-order valence-electron chi connectivity index (χ0n) is 30.7. The van der Waals surface area contributed by atoms with Gasteiger partial charge in [0, 0.05) is 56.2 Å². The fourth-order valence-electron chi connectivity index (χ4n) is 6.72. The fourth-order valence-corrected chi connectivity index (χ4v) is 6.72. The minimum Gasteiger partial charge on any atom is -0.464 e. The van der Waals surface area contributed by atoms with Gasteiger partial charge in [0.25, 0.3) is 0 Å². The molecule has 2 aromatic heterocycles. The molecule has 12 heteroatoms. The van der Waals surface area contributed by atoms with Gasteiger partial charge in [-0.15, -0.1) is 0 Å². The highest BCUT2D eigenvalue weighted by Crippen LogP contribution is 2.33. The van der Waals surface area contributed by atoms with Crippen LogP contribution in [0.25, 0.3) is 0 Å². The molecule has 3 N–H and O–H groups in total. The third-order valence-electron chi connectivity index (χ3n) is 9.28. The number of hydrogen-bond donors (Lipinski definition) is 3. The summed E-state index contributed by atoms with van der Waals surface area (Å²) >= 11 is 0. The number of fused-ring (bicyclic) bond motifs is 1. The SMILES string of the molecule is CCOC(=O)C(Cc1ccccc1)NC(=O)C[C@@H](CNc1ncnc(N2CCC(c3ccc4c(n3)NCCC4)CC2)c1CC)C(=O)OC(C)(C)C. The van der Waals surface area contributed by atoms with Gasteiger partial charge in [-0.1, -0.05) is 43.3 Å². The molecule has 12 nitrogen and oxygen atoms in total. The lowest BCUT2D eigenvalue weighted by atomic mass is 9.92. The number of carbonyl (C=O) groups excluding carboxylic acids is 3. The number of carbonyl (C=O) groups is 3. The highest BCUT2D eigenvalue weighted by molar-refractivity contribution is 5.87. The molecule has 0 radical (unpaired) electrons. The van der Waals surface area contributed by atoms with Gasteiger partial charge in [0.05, 0.1) is 12.5 Å². The second-order valence-corrected chi connectivity index (χ2v) is 14.3. The summed E-state index contributed by atoms with van der Waals surface area (Å²) in [5.41, 5.74) is 3.53. The fraction of sp³-hybridized carbons (Fsp3) is 0.538. The van der Waals surface area contributed by atoms with E-state index < -0.39 is 35.4 Å². The van der Waals surface area contributed by atoms with E-state index in [2.05, 4.69) is 44.9 Å². The lowest BCUT2D eigenvalue weighted by molar-refractivity contribution is -0.160. The Morgan fingerprint density at radius 2 is 1.78 bits per heavy atom. The van der Waals surface area contributed by atoms with E-state index in [0.717, 1.165) is 73.8 Å². The van der Waals surface area contributed by atoms with Crippen molar-refractivity contribution in [2.45, 2.75) is 97.1 Å². The number of nitrogens with zero attached hydrogens (tertiary/aromatic N) is 4. The van der Waals surface area contributed by atoms with Crippen LogP contribution in [0.4, 0.5) is 17.5 Å². The summed E-state index contributed by atoms with van der Waals surface area (Å²) < 4.78 is 11.0. The highest BCUT2D eigenvalue weighted by atomic mass is 16.6. The minimum atomic E-state index is -0.896. The molecule has 2 aliphatic rings. The third kappa shape index (κ3) is 10.4. The van der Waals surface area contributed by atoms with Crippen LogP contribution in [0, 0.1) is 5.92 Å². The Labute approximate surface area is 301 Å². The van der Waals surface area contributed by atoms with Crippen LogP contribution in [0.1, 0.15) is 88.6 Å². The van der Waals surface area contributed by atoms with E-state index in [0.29, 0.717) is 18.2 Å². The number of hydrogen-bond acceptors (Lipinski definition) is 11. The summed E-state index contributed by atoms with van der Waals surface area (Å²) in [6.07, 6.45) is 6.45. The standard InChI is InChI=1S/C39H53N7O5/c1-6-30-35(42-25-43-36(30)46-20-17-27(18-21-46)31-16-15-28-14-11-19-40-34(28)45-31)41-24-29(37(48)51-39(3,4)5)23-33(47)44-32(38(49)50-7-2)22-26-12-9-8-10-13-26/h8-10,12-13,15-16,25,27,29,32H,6-7,11,14,17-24H2,1-5H3,(H,40,45)(H,44,47)(H,41,42,43)/t29-,32?/m0/s1. The summed E-state index contributed by atoms with van der Waals surface area (Å²) in [6, 6.07) is 12.9. The van der Waals surface area contributed by atoms with Crippen molar-refractivity contribution in [1.82, 2.24) is 20.3 Å². The first-order valence-corrected chi connectivity index (χ1v) is 18.3. The molecule has 0 bridgehead atoms. The maximum atomic E-state index is 13.4. The molecule has 1 saturated heterocycles. The average molecular weight is 700 g/mol. The molecule has 1 fully saturated rings. The van der Waals surface area contributed by atoms with Gasteiger partial charge in [-0.3, -0.25) is 9.59 Å². The number of esters is 2. The summed E-state index contributed by atoms with van der Waals surface area (Å²) in [5, 5.41) is 9.62. The average Bonchev–Trinajstić information content (AvgIpc) is 3.12. The number of amides is 1. The number of benzene rings is 1. The smallest absolute Gasteiger partial charge is 0.328 e. The number of nitrogens with one attached hydrogen (secondary N) is 3. The molecule has 2 aliphatic heterocycles. The summed E-state index contributed by atoms with van der Waals surface area (Å²) in [4.78, 5) is 56.2. The van der Waals surface area contributed by atoms with Crippen molar-refractivity contribution in [1.29, 1.82) is 0 Å². The second-order valence-electron chi connectivity index (χ2n) is 14.3. The molecule has 3 aromatic rings. The Morgan fingerprint density at radius 3 is 2.49 bits per heavy atom. The van der Waals surface area contributed by atoms with Gasteiger partial charge in [-0.05, 0) is 77.0 Å². The molecule has 274 valence electrons. The molecule has 1 amide bonds. The number of aryl methyl sites for hydroxylation is 1. The number of aromatic nitrogens is 3. The van der Waals surface area contributed by atoms with Gasteiger partial charge in [-0.25, -0.2) is 19.7 Å². The first-order chi connectivity index (χ1) is 24.5. The van der Waals surface area contributed by atoms with Crippen LogP contribution < -0.4 is 20.9 Å². The number of piperidine rings is 1. The van der Waals surface area contributed by atoms with Crippen LogP contribution in [0.5, 0.6) is 0 Å². The lowest BCUT2D eigenvalue weighted by Crippen LogP contribution is -2.45. The monoisotopic (exact) mass is 699 g/mol. The van der Waals surface area contributed by atoms with Gasteiger partial charge in [-0.2, -0.15) is 0 Å². The largest absolute Gasteiger partial charge is 0.464 e. The Balaban J connectivity index is 1.26. The van der Waals surface area contributed by atoms with Crippen molar-refractivity contribution in [2.75, 3.05) is 48.3 Å². The molecule has 2 atom stereocenters. The number of pyridine rings is 1. The Kier molecular flexibility index (Phi) is 12.8. The molecular formula is C39H53N7O5. The van der Waals surface area contributed by atoms with Crippen molar-refractivity contribution < 1.29 is 23.9 Å². The molecule has 5 rings (SSSR count). The number of anilines is 3. The third-order valence-corrected chi connectivity index (χ3v) is 9.28. The van der Waals surface area contributed by atoms with Crippen LogP contribution in [0.2, 0.25) is 0 Å². The minimum absolute atomic E-state index is 0.106. The summed E-state index contributed by atoms with van der Waals surface area (Å²) in [7, 11) is 0. The maximum Gasteiger partial charge on any atom is 0.328 e. The van der Waals surface area contributed by atoms with Crippen LogP contribution in [-0.4, -0.2) is 77.2 Å². The van der Waals surface area contributed by atoms with Gasteiger partial charge in [0.2, 0.25) is 5.91 Å². The van der Waals surface area contributed by atoms with Gasteiger partial charge in [0.15, 0.2) is 0 Å². The summed E-state index contributed by atoms with van der Waals surface area (Å²) in [6.45, 7) is 12.1. The van der Waals surface area contributed by atoms with Crippen molar-refractivity contribution >= 4 is 35.3 Å². The van der Waals surface area contributed by atoms with Gasteiger partial charge >= 0.3 is 11.9 Å². The van der Waals surface area contributed by atoms with E-state index in [1.54, 1.807) is 34.0 Å².